The number of amides is 1. The van der Waals surface area contributed by atoms with Crippen LogP contribution in [-0.4, -0.2) is 25.0 Å². The van der Waals surface area contributed by atoms with E-state index in [-0.39, 0.29) is 19.1 Å². The van der Waals surface area contributed by atoms with Crippen LogP contribution in [0.25, 0.3) is 0 Å². The molecule has 0 unspecified atom stereocenters. The van der Waals surface area contributed by atoms with Gasteiger partial charge in [-0.1, -0.05) is 44.2 Å². The van der Waals surface area contributed by atoms with Gasteiger partial charge in [0.1, 0.15) is 0 Å². The quantitative estimate of drug-likeness (QED) is 0.726. The van der Waals surface area contributed by atoms with Crippen molar-refractivity contribution in [2.24, 2.45) is 0 Å². The standard InChI is InChI=1S/C21H26N2O3/c1-5-26-21(25)17-10-6-7-12-18(17)23-19(24)13-22-20-15(4)9-8-11-16(20)14(2)3/h6-12,14,22H,5,13H2,1-4H3,(H,23,24). The summed E-state index contributed by atoms with van der Waals surface area (Å²) in [5.41, 5.74) is 4.05. The minimum absolute atomic E-state index is 0.113. The highest BCUT2D eigenvalue weighted by molar-refractivity contribution is 6.02. The third-order valence-electron chi connectivity index (χ3n) is 4.05. The molecule has 0 aromatic heterocycles. The molecule has 0 atom stereocenters. The van der Waals surface area contributed by atoms with Gasteiger partial charge in [0.2, 0.25) is 5.91 Å². The van der Waals surface area contributed by atoms with Gasteiger partial charge in [-0.25, -0.2) is 4.79 Å². The van der Waals surface area contributed by atoms with E-state index in [0.717, 1.165) is 11.3 Å². The van der Waals surface area contributed by atoms with Crippen LogP contribution in [0, 0.1) is 6.92 Å². The summed E-state index contributed by atoms with van der Waals surface area (Å²) < 4.78 is 5.03. The molecule has 0 aliphatic rings. The lowest BCUT2D eigenvalue weighted by Crippen LogP contribution is -2.24. The van der Waals surface area contributed by atoms with Gasteiger partial charge in [0.15, 0.2) is 0 Å². The second-order valence-electron chi connectivity index (χ2n) is 6.36. The summed E-state index contributed by atoms with van der Waals surface area (Å²) >= 11 is 0. The molecule has 1 amide bonds. The molecule has 2 aromatic rings. The molecular weight excluding hydrogens is 328 g/mol. The first-order chi connectivity index (χ1) is 12.4. The van der Waals surface area contributed by atoms with Crippen molar-refractivity contribution in [3.63, 3.8) is 0 Å². The highest BCUT2D eigenvalue weighted by Crippen LogP contribution is 2.27. The molecular formula is C21H26N2O3. The number of hydrogen-bond acceptors (Lipinski definition) is 4. The number of aryl methyl sites for hydroxylation is 1. The van der Waals surface area contributed by atoms with Gasteiger partial charge in [-0.2, -0.15) is 0 Å². The Bertz CT molecular complexity index is 785. The topological polar surface area (TPSA) is 67.4 Å². The molecule has 0 spiro atoms. The normalized spacial score (nSPS) is 10.5. The van der Waals surface area contributed by atoms with Gasteiger partial charge in [0, 0.05) is 5.69 Å². The number of carbonyl (C=O) groups is 2. The largest absolute Gasteiger partial charge is 0.462 e. The van der Waals surface area contributed by atoms with Gasteiger partial charge >= 0.3 is 5.97 Å². The molecule has 2 N–H and O–H groups in total. The zero-order chi connectivity index (χ0) is 19.1. The van der Waals surface area contributed by atoms with Crippen LogP contribution in [-0.2, 0) is 9.53 Å². The lowest BCUT2D eigenvalue weighted by atomic mass is 9.98. The minimum Gasteiger partial charge on any atom is -0.462 e. The molecule has 26 heavy (non-hydrogen) atoms. The van der Waals surface area contributed by atoms with Crippen molar-refractivity contribution in [3.05, 3.63) is 59.2 Å². The van der Waals surface area contributed by atoms with E-state index in [1.807, 2.05) is 19.1 Å². The molecule has 0 saturated carbocycles. The third-order valence-corrected chi connectivity index (χ3v) is 4.05. The Hall–Kier alpha value is -2.82. The molecule has 2 aromatic carbocycles. The van der Waals surface area contributed by atoms with Crippen molar-refractivity contribution in [2.75, 3.05) is 23.8 Å². The highest BCUT2D eigenvalue weighted by atomic mass is 16.5. The molecule has 5 heteroatoms. The molecule has 0 heterocycles. The molecule has 0 fully saturated rings. The summed E-state index contributed by atoms with van der Waals surface area (Å²) in [6.45, 7) is 8.40. The number of anilines is 2. The SMILES string of the molecule is CCOC(=O)c1ccccc1NC(=O)CNc1c(C)cccc1C(C)C. The van der Waals surface area contributed by atoms with Gasteiger partial charge < -0.3 is 15.4 Å². The number of carbonyl (C=O) groups excluding carboxylic acids is 2. The van der Waals surface area contributed by atoms with Crippen molar-refractivity contribution < 1.29 is 14.3 Å². The van der Waals surface area contributed by atoms with Crippen LogP contribution in [0.5, 0.6) is 0 Å². The Morgan fingerprint density at radius 3 is 2.50 bits per heavy atom. The van der Waals surface area contributed by atoms with Crippen molar-refractivity contribution >= 4 is 23.3 Å². The van der Waals surface area contributed by atoms with Crippen LogP contribution in [0.3, 0.4) is 0 Å². The number of esters is 1. The van der Waals surface area contributed by atoms with Gasteiger partial charge in [-0.15, -0.1) is 0 Å². The van der Waals surface area contributed by atoms with Gasteiger partial charge in [0.25, 0.3) is 0 Å². The average Bonchev–Trinajstić information content (AvgIpc) is 2.61. The van der Waals surface area contributed by atoms with E-state index >= 15 is 0 Å². The van der Waals surface area contributed by atoms with Crippen molar-refractivity contribution in [2.45, 2.75) is 33.6 Å². The van der Waals surface area contributed by atoms with Gasteiger partial charge in [0.05, 0.1) is 24.4 Å². The second kappa shape index (κ2) is 9.04. The first kappa shape index (κ1) is 19.5. The van der Waals surface area contributed by atoms with E-state index in [1.165, 1.54) is 5.56 Å². The van der Waals surface area contributed by atoms with Crippen LogP contribution < -0.4 is 10.6 Å². The fraction of sp³-hybridized carbons (Fsp3) is 0.333. The maximum Gasteiger partial charge on any atom is 0.340 e. The third kappa shape index (κ3) is 4.85. The molecule has 5 nitrogen and oxygen atoms in total. The minimum atomic E-state index is -0.447. The average molecular weight is 354 g/mol. The summed E-state index contributed by atoms with van der Waals surface area (Å²) in [6.07, 6.45) is 0. The summed E-state index contributed by atoms with van der Waals surface area (Å²) in [6, 6.07) is 12.9. The van der Waals surface area contributed by atoms with E-state index < -0.39 is 5.97 Å². The van der Waals surface area contributed by atoms with Crippen LogP contribution in [0.2, 0.25) is 0 Å². The predicted molar refractivity (Wildman–Crippen MR) is 105 cm³/mol. The Morgan fingerprint density at radius 2 is 1.81 bits per heavy atom. The van der Waals surface area contributed by atoms with Crippen molar-refractivity contribution in [1.82, 2.24) is 0 Å². The fourth-order valence-corrected chi connectivity index (χ4v) is 2.76. The van der Waals surface area contributed by atoms with Gasteiger partial charge in [-0.3, -0.25) is 4.79 Å². The number of hydrogen-bond donors (Lipinski definition) is 2. The zero-order valence-electron chi connectivity index (χ0n) is 15.8. The molecule has 0 radical (unpaired) electrons. The van der Waals surface area contributed by atoms with E-state index in [1.54, 1.807) is 31.2 Å². The smallest absolute Gasteiger partial charge is 0.340 e. The highest BCUT2D eigenvalue weighted by Gasteiger charge is 2.15. The molecule has 0 aliphatic carbocycles. The molecule has 138 valence electrons. The van der Waals surface area contributed by atoms with Crippen LogP contribution >= 0.6 is 0 Å². The molecule has 0 saturated heterocycles. The lowest BCUT2D eigenvalue weighted by Gasteiger charge is -2.17. The Kier molecular flexibility index (Phi) is 6.78. The van der Waals surface area contributed by atoms with E-state index in [4.69, 9.17) is 4.74 Å². The Balaban J connectivity index is 2.09. The number of ether oxygens (including phenoxy) is 1. The summed E-state index contributed by atoms with van der Waals surface area (Å²) in [7, 11) is 0. The molecule has 0 aliphatic heterocycles. The Morgan fingerprint density at radius 1 is 1.08 bits per heavy atom. The fourth-order valence-electron chi connectivity index (χ4n) is 2.76. The monoisotopic (exact) mass is 354 g/mol. The van der Waals surface area contributed by atoms with E-state index in [2.05, 4.69) is 30.5 Å². The molecule has 2 rings (SSSR count). The van der Waals surface area contributed by atoms with Gasteiger partial charge in [-0.05, 0) is 43.0 Å². The molecule has 0 bridgehead atoms. The summed E-state index contributed by atoms with van der Waals surface area (Å²) in [5, 5.41) is 6.01. The number of nitrogens with one attached hydrogen (secondary N) is 2. The first-order valence-electron chi connectivity index (χ1n) is 8.83. The van der Waals surface area contributed by atoms with Crippen LogP contribution in [0.4, 0.5) is 11.4 Å². The number of rotatable bonds is 7. The van der Waals surface area contributed by atoms with E-state index in [9.17, 15) is 9.59 Å². The summed E-state index contributed by atoms with van der Waals surface area (Å²) in [5.74, 6) is -0.318. The van der Waals surface area contributed by atoms with Crippen LogP contribution in [0.15, 0.2) is 42.5 Å². The maximum atomic E-state index is 12.4. The zero-order valence-corrected chi connectivity index (χ0v) is 15.8. The summed E-state index contributed by atoms with van der Waals surface area (Å²) in [4.78, 5) is 24.4. The van der Waals surface area contributed by atoms with Crippen molar-refractivity contribution in [3.8, 4) is 0 Å². The first-order valence-corrected chi connectivity index (χ1v) is 8.83. The number of benzene rings is 2. The van der Waals surface area contributed by atoms with E-state index in [0.29, 0.717) is 17.2 Å². The Labute approximate surface area is 154 Å². The second-order valence-corrected chi connectivity index (χ2v) is 6.36. The van der Waals surface area contributed by atoms with Crippen LogP contribution in [0.1, 0.15) is 48.2 Å². The van der Waals surface area contributed by atoms with Crippen molar-refractivity contribution in [1.29, 1.82) is 0 Å². The maximum absolute atomic E-state index is 12.4. The number of para-hydroxylation sites is 2. The lowest BCUT2D eigenvalue weighted by molar-refractivity contribution is -0.114. The predicted octanol–water partition coefficient (Wildman–Crippen LogP) is 4.35.